The van der Waals surface area contributed by atoms with Crippen LogP contribution in [0.15, 0.2) is 18.2 Å². The van der Waals surface area contributed by atoms with Crippen LogP contribution in [0.5, 0.6) is 11.5 Å². The van der Waals surface area contributed by atoms with Crippen molar-refractivity contribution < 1.29 is 28.5 Å². The Balaban J connectivity index is 2.13. The smallest absolute Gasteiger partial charge is 0.407 e. The highest BCUT2D eigenvalue weighted by molar-refractivity contribution is 5.79. The van der Waals surface area contributed by atoms with E-state index >= 15 is 0 Å². The van der Waals surface area contributed by atoms with Crippen LogP contribution in [0, 0.1) is 40.4 Å². The lowest BCUT2D eigenvalue weighted by Gasteiger charge is -2.29. The van der Waals surface area contributed by atoms with Gasteiger partial charge in [0, 0.05) is 32.6 Å². The van der Waals surface area contributed by atoms with Gasteiger partial charge < -0.3 is 29.6 Å². The number of alkyl carbamates (subject to hydrolysis) is 1. The number of nitriles is 1. The molecule has 1 aliphatic rings. The maximum Gasteiger partial charge on any atom is 0.407 e. The van der Waals surface area contributed by atoms with E-state index in [1.54, 1.807) is 28.1 Å². The number of carbonyl (C=O) groups is 2. The van der Waals surface area contributed by atoms with Crippen molar-refractivity contribution in [1.82, 2.24) is 10.6 Å². The molecule has 1 heterocycles. The van der Waals surface area contributed by atoms with Crippen LogP contribution in [-0.4, -0.2) is 58.1 Å². The molecular formula is C31H49N3O6. The van der Waals surface area contributed by atoms with Gasteiger partial charge in [0.25, 0.3) is 0 Å². The van der Waals surface area contributed by atoms with Gasteiger partial charge in [0.05, 0.1) is 31.2 Å². The molecule has 2 rings (SSSR count). The fraction of sp³-hybridized carbons (Fsp3) is 0.710. The number of methoxy groups -OCH3 is 2. The maximum atomic E-state index is 13.1. The Morgan fingerprint density at radius 2 is 1.85 bits per heavy atom. The average molecular weight is 560 g/mol. The summed E-state index contributed by atoms with van der Waals surface area (Å²) in [6, 6.07) is 8.03. The largest absolute Gasteiger partial charge is 0.493 e. The number of cyclic esters (lactones) is 1. The van der Waals surface area contributed by atoms with E-state index in [-0.39, 0.29) is 36.2 Å². The van der Waals surface area contributed by atoms with Crippen molar-refractivity contribution in [3.05, 3.63) is 23.8 Å². The summed E-state index contributed by atoms with van der Waals surface area (Å²) in [4.78, 5) is 25.4. The SMILES string of the molecule is COCCCOc1cc(C[C@@H](C[C@@H]2NC(=O)O[C@H]2C[C@H](C(=O)NCC(C)(C)C#N)C(C)C)C(C)C)ccc1OC. The number of rotatable bonds is 17. The Labute approximate surface area is 240 Å². The van der Waals surface area contributed by atoms with Gasteiger partial charge in [-0.25, -0.2) is 4.79 Å². The van der Waals surface area contributed by atoms with Gasteiger partial charge in [-0.1, -0.05) is 33.8 Å². The van der Waals surface area contributed by atoms with Crippen LogP contribution in [0.2, 0.25) is 0 Å². The van der Waals surface area contributed by atoms with E-state index < -0.39 is 17.6 Å². The first-order valence-corrected chi connectivity index (χ1v) is 14.4. The van der Waals surface area contributed by atoms with Gasteiger partial charge >= 0.3 is 6.09 Å². The second-order valence-electron chi connectivity index (χ2n) is 12.1. The van der Waals surface area contributed by atoms with Crippen LogP contribution in [0.25, 0.3) is 0 Å². The molecule has 0 bridgehead atoms. The standard InChI is InChI=1S/C31H49N3O6/c1-20(2)23(14-22-10-11-26(38-8)28(15-22)39-13-9-12-37-7)16-25-27(40-30(36)34-25)17-24(21(3)4)29(35)33-19-31(5,6)18-32/h10-11,15,20-21,23-25,27H,9,12-14,16-17,19H2,1-8H3,(H,33,35)(H,34,36)/t23-,24-,25-,27-/m0/s1. The first-order chi connectivity index (χ1) is 18.9. The van der Waals surface area contributed by atoms with Gasteiger partial charge in [0.2, 0.25) is 5.91 Å². The molecule has 9 heteroatoms. The minimum atomic E-state index is -0.651. The summed E-state index contributed by atoms with van der Waals surface area (Å²) >= 11 is 0. The molecule has 224 valence electrons. The zero-order valence-electron chi connectivity index (χ0n) is 25.5. The minimum absolute atomic E-state index is 0.0488. The third-order valence-electron chi connectivity index (χ3n) is 7.62. The number of hydrogen-bond acceptors (Lipinski definition) is 7. The molecule has 0 aliphatic carbocycles. The Morgan fingerprint density at radius 1 is 1.12 bits per heavy atom. The fourth-order valence-corrected chi connectivity index (χ4v) is 4.90. The summed E-state index contributed by atoms with van der Waals surface area (Å²) in [5.41, 5.74) is 0.476. The molecule has 0 saturated carbocycles. The van der Waals surface area contributed by atoms with Crippen molar-refractivity contribution in [2.75, 3.05) is 34.0 Å². The number of nitrogens with one attached hydrogen (secondary N) is 2. The quantitative estimate of drug-likeness (QED) is 0.254. The normalized spacial score (nSPS) is 18.6. The lowest BCUT2D eigenvalue weighted by Crippen LogP contribution is -2.42. The predicted octanol–water partition coefficient (Wildman–Crippen LogP) is 5.12. The zero-order chi connectivity index (χ0) is 29.9. The van der Waals surface area contributed by atoms with Crippen molar-refractivity contribution in [3.8, 4) is 17.6 Å². The second kappa shape index (κ2) is 15.7. The lowest BCUT2D eigenvalue weighted by molar-refractivity contribution is -0.127. The van der Waals surface area contributed by atoms with Crippen LogP contribution < -0.4 is 20.1 Å². The molecule has 0 spiro atoms. The molecule has 0 aromatic heterocycles. The average Bonchev–Trinajstić information content (AvgIpc) is 3.26. The molecule has 1 fully saturated rings. The number of ether oxygens (including phenoxy) is 4. The number of hydrogen-bond donors (Lipinski definition) is 2. The molecule has 1 saturated heterocycles. The summed E-state index contributed by atoms with van der Waals surface area (Å²) in [6.07, 6.45) is 1.87. The Bertz CT molecular complexity index is 1000. The lowest BCUT2D eigenvalue weighted by atomic mass is 9.80. The van der Waals surface area contributed by atoms with E-state index in [2.05, 4.69) is 36.6 Å². The molecular weight excluding hydrogens is 510 g/mol. The highest BCUT2D eigenvalue weighted by Crippen LogP contribution is 2.33. The topological polar surface area (TPSA) is 119 Å². The van der Waals surface area contributed by atoms with Crippen LogP contribution in [-0.2, 0) is 20.7 Å². The van der Waals surface area contributed by atoms with E-state index in [9.17, 15) is 14.9 Å². The summed E-state index contributed by atoms with van der Waals surface area (Å²) in [6.45, 7) is 13.4. The second-order valence-corrected chi connectivity index (χ2v) is 12.1. The van der Waals surface area contributed by atoms with Crippen LogP contribution in [0.1, 0.15) is 66.4 Å². The monoisotopic (exact) mass is 559 g/mol. The molecule has 9 nitrogen and oxygen atoms in total. The first-order valence-electron chi connectivity index (χ1n) is 14.4. The van der Waals surface area contributed by atoms with E-state index in [4.69, 9.17) is 18.9 Å². The molecule has 40 heavy (non-hydrogen) atoms. The molecule has 1 aromatic rings. The van der Waals surface area contributed by atoms with Crippen LogP contribution >= 0.6 is 0 Å². The van der Waals surface area contributed by atoms with Crippen molar-refractivity contribution in [3.63, 3.8) is 0 Å². The van der Waals surface area contributed by atoms with Crippen molar-refractivity contribution in [2.24, 2.45) is 29.1 Å². The minimum Gasteiger partial charge on any atom is -0.493 e. The van der Waals surface area contributed by atoms with Crippen LogP contribution in [0.4, 0.5) is 4.79 Å². The third kappa shape index (κ3) is 10.2. The van der Waals surface area contributed by atoms with Gasteiger partial charge in [-0.05, 0) is 68.6 Å². The fourth-order valence-electron chi connectivity index (χ4n) is 4.90. The summed E-state index contributed by atoms with van der Waals surface area (Å²) in [7, 11) is 3.30. The predicted molar refractivity (Wildman–Crippen MR) is 154 cm³/mol. The highest BCUT2D eigenvalue weighted by Gasteiger charge is 2.39. The zero-order valence-corrected chi connectivity index (χ0v) is 25.5. The molecule has 1 aliphatic heterocycles. The molecule has 2 amide bonds. The van der Waals surface area contributed by atoms with Crippen molar-refractivity contribution in [1.29, 1.82) is 5.26 Å². The van der Waals surface area contributed by atoms with Crippen molar-refractivity contribution in [2.45, 2.75) is 79.4 Å². The Hall–Kier alpha value is -2.99. The van der Waals surface area contributed by atoms with E-state index in [0.29, 0.717) is 37.1 Å². The molecule has 0 unspecified atom stereocenters. The Kier molecular flexibility index (Phi) is 13.0. The molecule has 0 radical (unpaired) electrons. The van der Waals surface area contributed by atoms with E-state index in [1.807, 2.05) is 26.0 Å². The summed E-state index contributed by atoms with van der Waals surface area (Å²) in [5, 5.41) is 15.2. The van der Waals surface area contributed by atoms with Gasteiger partial charge in [-0.15, -0.1) is 0 Å². The number of amides is 2. The first kappa shape index (κ1) is 33.2. The van der Waals surface area contributed by atoms with Crippen molar-refractivity contribution >= 4 is 12.0 Å². The third-order valence-corrected chi connectivity index (χ3v) is 7.62. The van der Waals surface area contributed by atoms with Gasteiger partial charge in [-0.3, -0.25) is 4.79 Å². The van der Waals surface area contributed by atoms with Crippen LogP contribution in [0.3, 0.4) is 0 Å². The van der Waals surface area contributed by atoms with E-state index in [0.717, 1.165) is 24.8 Å². The molecule has 1 aromatic carbocycles. The number of benzene rings is 1. The Morgan fingerprint density at radius 3 is 2.45 bits per heavy atom. The molecule has 4 atom stereocenters. The molecule has 2 N–H and O–H groups in total. The van der Waals surface area contributed by atoms with Gasteiger partial charge in [-0.2, -0.15) is 5.26 Å². The number of carbonyl (C=O) groups excluding carboxylic acids is 2. The summed E-state index contributed by atoms with van der Waals surface area (Å²) < 4.78 is 22.3. The van der Waals surface area contributed by atoms with Gasteiger partial charge in [0.15, 0.2) is 11.5 Å². The number of nitrogens with zero attached hydrogens (tertiary/aromatic N) is 1. The van der Waals surface area contributed by atoms with Gasteiger partial charge in [0.1, 0.15) is 6.10 Å². The van der Waals surface area contributed by atoms with E-state index in [1.165, 1.54) is 0 Å². The maximum absolute atomic E-state index is 13.1. The highest BCUT2D eigenvalue weighted by atomic mass is 16.6. The summed E-state index contributed by atoms with van der Waals surface area (Å²) in [5.74, 6) is 1.60.